The van der Waals surface area contributed by atoms with E-state index in [0.717, 1.165) is 17.0 Å². The van der Waals surface area contributed by atoms with E-state index in [4.69, 9.17) is 15.1 Å². The summed E-state index contributed by atoms with van der Waals surface area (Å²) in [5.74, 6) is 0.379. The number of carbonyl (C=O) groups excluding carboxylic acids is 1. The Labute approximate surface area is 195 Å². The molecule has 0 aliphatic heterocycles. The van der Waals surface area contributed by atoms with Gasteiger partial charge >= 0.3 is 0 Å². The lowest BCUT2D eigenvalue weighted by molar-refractivity contribution is 0.0949. The van der Waals surface area contributed by atoms with Gasteiger partial charge in [-0.05, 0) is 59.2 Å². The molecule has 0 saturated carbocycles. The zero-order valence-corrected chi connectivity index (χ0v) is 18.6. The van der Waals surface area contributed by atoms with Crippen LogP contribution in [0.2, 0.25) is 0 Å². The number of benzene rings is 2. The minimum atomic E-state index is -0.542. The number of nitrogen functional groups attached to an aromatic ring is 1. The molecule has 0 unspecified atom stereocenters. The molecule has 174 valence electrons. The summed E-state index contributed by atoms with van der Waals surface area (Å²) in [6.45, 7) is 2.77. The first-order valence-electron chi connectivity index (χ1n) is 10.4. The summed E-state index contributed by atoms with van der Waals surface area (Å²) in [5, 5.41) is 19.5. The van der Waals surface area contributed by atoms with Crippen molar-refractivity contribution in [3.8, 4) is 11.6 Å². The second-order valence-corrected chi connectivity index (χ2v) is 7.16. The van der Waals surface area contributed by atoms with Crippen LogP contribution in [0, 0.1) is 0 Å². The van der Waals surface area contributed by atoms with E-state index in [1.54, 1.807) is 0 Å². The van der Waals surface area contributed by atoms with Gasteiger partial charge in [0, 0.05) is 12.7 Å². The summed E-state index contributed by atoms with van der Waals surface area (Å²) >= 11 is 0. The predicted octanol–water partition coefficient (Wildman–Crippen LogP) is 2.03. The Kier molecular flexibility index (Phi) is 6.77. The highest BCUT2D eigenvalue weighted by molar-refractivity contribution is 5.94. The predicted molar refractivity (Wildman–Crippen MR) is 125 cm³/mol. The highest BCUT2D eigenvalue weighted by atomic mass is 16.6. The quantitative estimate of drug-likeness (QED) is 0.282. The van der Waals surface area contributed by atoms with Gasteiger partial charge in [-0.25, -0.2) is 10.1 Å². The standard InChI is InChI=1S/C22H23N9O3/c1-3-33-17-11-9-15(10-12-17)13-24-26-22(32)19-18(14-30(2)16-7-5-4-6-8-16)31(29-25-19)21-20(23)27-34-28-21/h4-13H,3,14H2,1-2H3,(H2,23,27)(H,26,32). The lowest BCUT2D eigenvalue weighted by Crippen LogP contribution is -2.24. The molecule has 12 heteroatoms. The molecule has 3 N–H and O–H groups in total. The molecule has 2 heterocycles. The molecule has 0 bridgehead atoms. The van der Waals surface area contributed by atoms with Crippen LogP contribution in [0.15, 0.2) is 64.3 Å². The molecule has 2 aromatic heterocycles. The average molecular weight is 461 g/mol. The normalized spacial score (nSPS) is 11.0. The number of ether oxygens (including phenoxy) is 1. The molecular formula is C22H23N9O3. The Morgan fingerprint density at radius 1 is 1.21 bits per heavy atom. The molecule has 34 heavy (non-hydrogen) atoms. The van der Waals surface area contributed by atoms with E-state index in [1.807, 2.05) is 73.5 Å². The van der Waals surface area contributed by atoms with Gasteiger partial charge in [0.2, 0.25) is 11.6 Å². The number of hydrogen-bond acceptors (Lipinski definition) is 10. The third kappa shape index (κ3) is 5.01. The molecule has 0 saturated heterocycles. The van der Waals surface area contributed by atoms with Gasteiger partial charge in [0.05, 0.1) is 25.1 Å². The van der Waals surface area contributed by atoms with Crippen molar-refractivity contribution in [1.82, 2.24) is 30.7 Å². The number of nitrogens with zero attached hydrogens (tertiary/aromatic N) is 7. The molecule has 1 amide bonds. The molecule has 4 aromatic rings. The molecule has 0 atom stereocenters. The second kappa shape index (κ2) is 10.3. The number of amides is 1. The lowest BCUT2D eigenvalue weighted by Gasteiger charge is -2.19. The molecule has 0 radical (unpaired) electrons. The Hall–Kier alpha value is -4.74. The number of rotatable bonds is 9. The lowest BCUT2D eigenvalue weighted by atomic mass is 10.2. The fraction of sp³-hybridized carbons (Fsp3) is 0.182. The van der Waals surface area contributed by atoms with Gasteiger partial charge in [-0.2, -0.15) is 9.78 Å². The largest absolute Gasteiger partial charge is 0.494 e. The number of hydrogen-bond donors (Lipinski definition) is 2. The minimum absolute atomic E-state index is 0.0222. The fourth-order valence-electron chi connectivity index (χ4n) is 3.16. The summed E-state index contributed by atoms with van der Waals surface area (Å²) in [5.41, 5.74) is 10.5. The maximum atomic E-state index is 12.9. The van der Waals surface area contributed by atoms with Crippen LogP contribution in [0.1, 0.15) is 28.7 Å². The Morgan fingerprint density at radius 2 is 1.97 bits per heavy atom. The van der Waals surface area contributed by atoms with E-state index in [9.17, 15) is 4.79 Å². The van der Waals surface area contributed by atoms with Crippen molar-refractivity contribution in [2.45, 2.75) is 13.5 Å². The summed E-state index contributed by atoms with van der Waals surface area (Å²) in [7, 11) is 1.88. The first-order valence-corrected chi connectivity index (χ1v) is 10.4. The Bertz CT molecular complexity index is 1270. The van der Waals surface area contributed by atoms with Crippen molar-refractivity contribution in [2.75, 3.05) is 24.3 Å². The van der Waals surface area contributed by atoms with Crippen LogP contribution in [0.5, 0.6) is 5.75 Å². The van der Waals surface area contributed by atoms with Crippen LogP contribution in [-0.4, -0.2) is 51.1 Å². The molecule has 4 rings (SSSR count). The van der Waals surface area contributed by atoms with Gasteiger partial charge in [-0.1, -0.05) is 23.4 Å². The van der Waals surface area contributed by atoms with Crippen LogP contribution >= 0.6 is 0 Å². The van der Waals surface area contributed by atoms with Gasteiger partial charge in [-0.3, -0.25) is 4.79 Å². The number of carbonyl (C=O) groups is 1. The Balaban J connectivity index is 1.56. The van der Waals surface area contributed by atoms with Crippen molar-refractivity contribution in [3.63, 3.8) is 0 Å². The highest BCUT2D eigenvalue weighted by Crippen LogP contribution is 2.20. The molecule has 0 aliphatic rings. The van der Waals surface area contributed by atoms with Crippen molar-refractivity contribution < 1.29 is 14.2 Å². The fourth-order valence-corrected chi connectivity index (χ4v) is 3.16. The number of nitrogens with two attached hydrogens (primary N) is 1. The molecule has 0 aliphatic carbocycles. The minimum Gasteiger partial charge on any atom is -0.494 e. The summed E-state index contributed by atoms with van der Waals surface area (Å²) in [6, 6.07) is 17.0. The number of para-hydroxylation sites is 1. The average Bonchev–Trinajstić information content (AvgIpc) is 3.46. The van der Waals surface area contributed by atoms with E-state index in [2.05, 4.69) is 31.2 Å². The van der Waals surface area contributed by atoms with Crippen molar-refractivity contribution in [1.29, 1.82) is 0 Å². The van der Waals surface area contributed by atoms with Gasteiger partial charge in [0.1, 0.15) is 5.75 Å². The summed E-state index contributed by atoms with van der Waals surface area (Å²) in [4.78, 5) is 14.8. The SMILES string of the molecule is CCOc1ccc(C=NNC(=O)c2nnn(-c3nonc3N)c2CN(C)c2ccccc2)cc1. The monoisotopic (exact) mass is 461 g/mol. The maximum absolute atomic E-state index is 12.9. The third-order valence-corrected chi connectivity index (χ3v) is 4.83. The van der Waals surface area contributed by atoms with Crippen LogP contribution in [0.25, 0.3) is 5.82 Å². The number of anilines is 2. The number of hydrazone groups is 1. The van der Waals surface area contributed by atoms with E-state index in [1.165, 1.54) is 10.9 Å². The van der Waals surface area contributed by atoms with Crippen LogP contribution in [-0.2, 0) is 6.54 Å². The van der Waals surface area contributed by atoms with E-state index in [0.29, 0.717) is 12.3 Å². The summed E-state index contributed by atoms with van der Waals surface area (Å²) in [6.07, 6.45) is 1.52. The second-order valence-electron chi connectivity index (χ2n) is 7.16. The molecular weight excluding hydrogens is 438 g/mol. The molecule has 12 nitrogen and oxygen atoms in total. The first kappa shape index (κ1) is 22.5. The first-order chi connectivity index (χ1) is 16.6. The van der Waals surface area contributed by atoms with Gasteiger partial charge in [0.15, 0.2) is 5.69 Å². The van der Waals surface area contributed by atoms with E-state index >= 15 is 0 Å². The molecule has 0 fully saturated rings. The van der Waals surface area contributed by atoms with Crippen LogP contribution in [0.3, 0.4) is 0 Å². The molecule has 2 aromatic carbocycles. The van der Waals surface area contributed by atoms with Crippen LogP contribution in [0.4, 0.5) is 11.5 Å². The van der Waals surface area contributed by atoms with E-state index in [-0.39, 0.29) is 23.9 Å². The topological polar surface area (TPSA) is 150 Å². The van der Waals surface area contributed by atoms with Crippen molar-refractivity contribution in [2.24, 2.45) is 5.10 Å². The van der Waals surface area contributed by atoms with E-state index < -0.39 is 5.91 Å². The number of nitrogens with one attached hydrogen (secondary N) is 1. The number of aromatic nitrogens is 5. The van der Waals surface area contributed by atoms with Gasteiger partial charge in [0.25, 0.3) is 5.91 Å². The van der Waals surface area contributed by atoms with Gasteiger partial charge < -0.3 is 15.4 Å². The van der Waals surface area contributed by atoms with Gasteiger partial charge in [-0.15, -0.1) is 5.10 Å². The van der Waals surface area contributed by atoms with Crippen molar-refractivity contribution in [3.05, 3.63) is 71.5 Å². The summed E-state index contributed by atoms with van der Waals surface area (Å²) < 4.78 is 11.4. The molecule has 0 spiro atoms. The Morgan fingerprint density at radius 3 is 2.65 bits per heavy atom. The third-order valence-electron chi connectivity index (χ3n) is 4.83. The zero-order valence-electron chi connectivity index (χ0n) is 18.6. The van der Waals surface area contributed by atoms with Crippen molar-refractivity contribution >= 4 is 23.6 Å². The maximum Gasteiger partial charge on any atom is 0.293 e. The zero-order chi connectivity index (χ0) is 23.9. The smallest absolute Gasteiger partial charge is 0.293 e. The van der Waals surface area contributed by atoms with Crippen LogP contribution < -0.4 is 20.8 Å². The highest BCUT2D eigenvalue weighted by Gasteiger charge is 2.25.